The first kappa shape index (κ1) is 17.7. The summed E-state index contributed by atoms with van der Waals surface area (Å²) in [7, 11) is -2.26. The first-order chi connectivity index (χ1) is 10.0. The van der Waals surface area contributed by atoms with Gasteiger partial charge in [-0.3, -0.25) is 0 Å². The van der Waals surface area contributed by atoms with E-state index in [1.807, 2.05) is 0 Å². The Morgan fingerprint density at radius 2 is 2.09 bits per heavy atom. The van der Waals surface area contributed by atoms with Gasteiger partial charge in [0.05, 0.1) is 12.0 Å². The van der Waals surface area contributed by atoms with Gasteiger partial charge in [-0.05, 0) is 31.9 Å². The molecule has 2 aliphatic rings. The number of nitrogens with zero attached hydrogens (tertiary/aromatic N) is 1. The van der Waals surface area contributed by atoms with Crippen molar-refractivity contribution in [2.75, 3.05) is 20.2 Å². The summed E-state index contributed by atoms with van der Waals surface area (Å²) in [6.45, 7) is 1.55. The van der Waals surface area contributed by atoms with Crippen molar-refractivity contribution < 1.29 is 17.9 Å². The van der Waals surface area contributed by atoms with Gasteiger partial charge in [-0.2, -0.15) is 4.31 Å². The number of carbonyl (C=O) groups excluding carboxylic acids is 1. The lowest BCUT2D eigenvalue weighted by Crippen LogP contribution is -2.42. The van der Waals surface area contributed by atoms with E-state index < -0.39 is 16.0 Å². The van der Waals surface area contributed by atoms with Gasteiger partial charge in [0.1, 0.15) is 4.88 Å². The van der Waals surface area contributed by atoms with E-state index >= 15 is 0 Å². The minimum absolute atomic E-state index is 0. The molecule has 0 spiro atoms. The van der Waals surface area contributed by atoms with Crippen LogP contribution in [0.3, 0.4) is 0 Å². The first-order valence-corrected chi connectivity index (χ1v) is 9.27. The maximum atomic E-state index is 12.9. The van der Waals surface area contributed by atoms with Gasteiger partial charge < -0.3 is 10.1 Å². The Morgan fingerprint density at radius 3 is 2.82 bits per heavy atom. The molecule has 2 fully saturated rings. The Morgan fingerprint density at radius 1 is 1.36 bits per heavy atom. The smallest absolute Gasteiger partial charge is 0.348 e. The van der Waals surface area contributed by atoms with Crippen molar-refractivity contribution in [1.29, 1.82) is 0 Å². The molecule has 9 heteroatoms. The van der Waals surface area contributed by atoms with Crippen molar-refractivity contribution in [3.05, 3.63) is 16.3 Å². The van der Waals surface area contributed by atoms with Crippen LogP contribution < -0.4 is 5.32 Å². The molecule has 0 saturated carbocycles. The number of esters is 1. The van der Waals surface area contributed by atoms with Crippen LogP contribution in [0.1, 0.15) is 28.9 Å². The molecular weight excluding hydrogens is 348 g/mol. The number of ether oxygens (including phenoxy) is 1. The fraction of sp³-hybridized carbons (Fsp3) is 0.615. The number of sulfonamides is 1. The van der Waals surface area contributed by atoms with Gasteiger partial charge in [0.25, 0.3) is 0 Å². The molecule has 2 aliphatic heterocycles. The number of rotatable bonds is 3. The molecule has 3 heterocycles. The zero-order valence-electron chi connectivity index (χ0n) is 12.1. The summed E-state index contributed by atoms with van der Waals surface area (Å²) in [6.07, 6.45) is 2.65. The van der Waals surface area contributed by atoms with E-state index in [9.17, 15) is 13.2 Å². The standard InChI is InChI=1S/C13H18N2O4S2.ClH/c1-19-13(16)12-6-11(8-20-12)21(17,18)15-9-2-3-10(15)7-14-5-4-9;/h6,8-10,14H,2-5,7H2,1H3;1H. The SMILES string of the molecule is COC(=O)c1cc(S(=O)(=O)N2C3CCNCC2CC3)cs1.Cl. The van der Waals surface area contributed by atoms with Gasteiger partial charge >= 0.3 is 5.97 Å². The Labute approximate surface area is 140 Å². The average Bonchev–Trinajstić information content (AvgIpc) is 3.02. The zero-order valence-corrected chi connectivity index (χ0v) is 14.6. The van der Waals surface area contributed by atoms with E-state index in [1.165, 1.54) is 18.6 Å². The van der Waals surface area contributed by atoms with Crippen molar-refractivity contribution in [3.63, 3.8) is 0 Å². The predicted molar refractivity (Wildman–Crippen MR) is 86.2 cm³/mol. The van der Waals surface area contributed by atoms with Crippen molar-refractivity contribution in [2.45, 2.75) is 36.2 Å². The number of hydrogen-bond donors (Lipinski definition) is 1. The summed E-state index contributed by atoms with van der Waals surface area (Å²) >= 11 is 1.11. The Kier molecular flexibility index (Phi) is 5.50. The molecule has 6 nitrogen and oxygen atoms in total. The van der Waals surface area contributed by atoms with Crippen LogP contribution in [0.4, 0.5) is 0 Å². The molecule has 0 radical (unpaired) electrons. The molecule has 1 aromatic rings. The van der Waals surface area contributed by atoms with Crippen LogP contribution in [0, 0.1) is 0 Å². The van der Waals surface area contributed by atoms with E-state index in [-0.39, 0.29) is 29.4 Å². The number of fused-ring (bicyclic) bond motifs is 2. The van der Waals surface area contributed by atoms with Crippen molar-refractivity contribution >= 4 is 39.7 Å². The van der Waals surface area contributed by atoms with E-state index in [2.05, 4.69) is 10.1 Å². The van der Waals surface area contributed by atoms with Crippen LogP contribution in [-0.2, 0) is 14.8 Å². The topological polar surface area (TPSA) is 75.7 Å². The Bertz CT molecular complexity index is 632. The second-order valence-electron chi connectivity index (χ2n) is 5.35. The van der Waals surface area contributed by atoms with Crippen LogP contribution in [-0.4, -0.2) is 51.0 Å². The highest BCUT2D eigenvalue weighted by Crippen LogP contribution is 2.35. The summed E-state index contributed by atoms with van der Waals surface area (Å²) in [5.41, 5.74) is 0. The lowest BCUT2D eigenvalue weighted by molar-refractivity contribution is 0.0606. The lowest BCUT2D eigenvalue weighted by atomic mass is 10.1. The van der Waals surface area contributed by atoms with Gasteiger partial charge in [0.15, 0.2) is 0 Å². The fourth-order valence-corrected chi connectivity index (χ4v) is 6.19. The second kappa shape index (κ2) is 6.84. The summed E-state index contributed by atoms with van der Waals surface area (Å²) in [6, 6.07) is 1.50. The maximum absolute atomic E-state index is 12.9. The van der Waals surface area contributed by atoms with Crippen molar-refractivity contribution in [3.8, 4) is 0 Å². The molecule has 0 aliphatic carbocycles. The highest BCUT2D eigenvalue weighted by molar-refractivity contribution is 7.89. The third-order valence-corrected chi connectivity index (χ3v) is 7.17. The largest absolute Gasteiger partial charge is 0.465 e. The molecule has 0 amide bonds. The molecule has 3 rings (SSSR count). The summed E-state index contributed by atoms with van der Waals surface area (Å²) in [5.74, 6) is -0.498. The Balaban J connectivity index is 0.00000176. The minimum Gasteiger partial charge on any atom is -0.465 e. The van der Waals surface area contributed by atoms with E-state index in [4.69, 9.17) is 0 Å². The van der Waals surface area contributed by atoms with Gasteiger partial charge in [0, 0.05) is 24.0 Å². The van der Waals surface area contributed by atoms with Crippen molar-refractivity contribution in [2.24, 2.45) is 0 Å². The highest BCUT2D eigenvalue weighted by atomic mass is 35.5. The number of carbonyl (C=O) groups is 1. The fourth-order valence-electron chi connectivity index (χ4n) is 3.11. The van der Waals surface area contributed by atoms with Crippen LogP contribution in [0.15, 0.2) is 16.3 Å². The van der Waals surface area contributed by atoms with Crippen LogP contribution in [0.25, 0.3) is 0 Å². The second-order valence-corrected chi connectivity index (χ2v) is 8.11. The van der Waals surface area contributed by atoms with Gasteiger partial charge in [-0.1, -0.05) is 0 Å². The highest BCUT2D eigenvalue weighted by Gasteiger charge is 2.43. The molecule has 1 aromatic heterocycles. The normalized spacial score (nSPS) is 25.3. The predicted octanol–water partition coefficient (Wildman–Crippen LogP) is 1.47. The number of hydrogen-bond acceptors (Lipinski definition) is 6. The molecule has 0 aromatic carbocycles. The minimum atomic E-state index is -3.55. The lowest BCUT2D eigenvalue weighted by Gasteiger charge is -2.26. The molecule has 2 unspecified atom stereocenters. The van der Waals surface area contributed by atoms with Crippen LogP contribution >= 0.6 is 23.7 Å². The zero-order chi connectivity index (χ0) is 15.0. The van der Waals surface area contributed by atoms with Crippen molar-refractivity contribution in [1.82, 2.24) is 9.62 Å². The summed E-state index contributed by atoms with van der Waals surface area (Å²) in [5, 5.41) is 4.81. The van der Waals surface area contributed by atoms with E-state index in [0.717, 1.165) is 37.1 Å². The van der Waals surface area contributed by atoms with Crippen LogP contribution in [0.2, 0.25) is 0 Å². The molecule has 1 N–H and O–H groups in total. The molecule has 2 saturated heterocycles. The Hall–Kier alpha value is -0.670. The van der Waals surface area contributed by atoms with Gasteiger partial charge in [-0.25, -0.2) is 13.2 Å². The third kappa shape index (κ3) is 3.03. The quantitative estimate of drug-likeness (QED) is 0.820. The molecule has 2 atom stereocenters. The summed E-state index contributed by atoms with van der Waals surface area (Å²) in [4.78, 5) is 12.0. The number of thiophene rings is 1. The molecule has 22 heavy (non-hydrogen) atoms. The molecular formula is C13H19ClN2O4S2. The van der Waals surface area contributed by atoms with Gasteiger partial charge in [0.2, 0.25) is 10.0 Å². The molecule has 124 valence electrons. The number of methoxy groups -OCH3 is 1. The number of nitrogens with one attached hydrogen (secondary N) is 1. The van der Waals surface area contributed by atoms with Gasteiger partial charge in [-0.15, -0.1) is 23.7 Å². The van der Waals surface area contributed by atoms with E-state index in [0.29, 0.717) is 11.4 Å². The van der Waals surface area contributed by atoms with E-state index in [1.54, 1.807) is 4.31 Å². The average molecular weight is 367 g/mol. The monoisotopic (exact) mass is 366 g/mol. The van der Waals surface area contributed by atoms with Crippen LogP contribution in [0.5, 0.6) is 0 Å². The third-order valence-electron chi connectivity index (χ3n) is 4.12. The molecule has 2 bridgehead atoms. The number of halogens is 1. The summed E-state index contributed by atoms with van der Waals surface area (Å²) < 4.78 is 32.0. The first-order valence-electron chi connectivity index (χ1n) is 6.95. The maximum Gasteiger partial charge on any atom is 0.348 e.